The van der Waals surface area contributed by atoms with Gasteiger partial charge in [0.1, 0.15) is 0 Å². The van der Waals surface area contributed by atoms with Crippen LogP contribution in [0.4, 0.5) is 0 Å². The van der Waals surface area contributed by atoms with Crippen LogP contribution in [-0.4, -0.2) is 14.2 Å². The van der Waals surface area contributed by atoms with E-state index in [-0.39, 0.29) is 11.5 Å². The summed E-state index contributed by atoms with van der Waals surface area (Å²) in [6.45, 7) is 3.39. The van der Waals surface area contributed by atoms with Crippen molar-refractivity contribution in [1.82, 2.24) is 0 Å². The molecular weight excluding hydrogens is 210 g/mol. The van der Waals surface area contributed by atoms with Crippen LogP contribution in [0.1, 0.15) is 11.1 Å². The van der Waals surface area contributed by atoms with E-state index >= 15 is 0 Å². The Bertz CT molecular complexity index is 498. The highest BCUT2D eigenvalue weighted by Crippen LogP contribution is 2.09. The van der Waals surface area contributed by atoms with E-state index in [0.717, 1.165) is 0 Å². The third-order valence-electron chi connectivity index (χ3n) is 1.81. The standard InChI is InChI=1S/C11H11NO2S/c1-2-6-15(13,14)9-11-5-3-4-10(7-11)8-12/h2-5,7H,1,6,9H2. The van der Waals surface area contributed by atoms with Crippen molar-refractivity contribution in [3.63, 3.8) is 0 Å². The van der Waals surface area contributed by atoms with E-state index in [1.807, 2.05) is 6.07 Å². The van der Waals surface area contributed by atoms with Gasteiger partial charge < -0.3 is 0 Å². The topological polar surface area (TPSA) is 57.9 Å². The van der Waals surface area contributed by atoms with Crippen LogP contribution < -0.4 is 0 Å². The number of nitriles is 1. The van der Waals surface area contributed by atoms with Gasteiger partial charge in [-0.3, -0.25) is 0 Å². The van der Waals surface area contributed by atoms with Crippen molar-refractivity contribution in [1.29, 1.82) is 5.26 Å². The number of benzene rings is 1. The molecule has 0 saturated carbocycles. The summed E-state index contributed by atoms with van der Waals surface area (Å²) in [6.07, 6.45) is 1.36. The molecule has 0 aliphatic rings. The lowest BCUT2D eigenvalue weighted by molar-refractivity contribution is 0.598. The number of nitrogens with zero attached hydrogens (tertiary/aromatic N) is 1. The van der Waals surface area contributed by atoms with Crippen molar-refractivity contribution in [2.24, 2.45) is 0 Å². The molecule has 0 spiro atoms. The van der Waals surface area contributed by atoms with Crippen LogP contribution in [0, 0.1) is 11.3 Å². The summed E-state index contributed by atoms with van der Waals surface area (Å²) in [5, 5.41) is 8.65. The highest BCUT2D eigenvalue weighted by molar-refractivity contribution is 7.90. The Balaban J connectivity index is 2.91. The van der Waals surface area contributed by atoms with Crippen molar-refractivity contribution < 1.29 is 8.42 Å². The van der Waals surface area contributed by atoms with Crippen LogP contribution in [0.15, 0.2) is 36.9 Å². The van der Waals surface area contributed by atoms with E-state index in [1.54, 1.807) is 24.3 Å². The molecule has 0 fully saturated rings. The molecule has 0 aliphatic carbocycles. The van der Waals surface area contributed by atoms with Gasteiger partial charge in [0.2, 0.25) is 0 Å². The fourth-order valence-corrected chi connectivity index (χ4v) is 2.39. The summed E-state index contributed by atoms with van der Waals surface area (Å²) < 4.78 is 22.9. The summed E-state index contributed by atoms with van der Waals surface area (Å²) in [6, 6.07) is 8.57. The maximum absolute atomic E-state index is 11.4. The second-order valence-electron chi connectivity index (χ2n) is 3.16. The molecule has 15 heavy (non-hydrogen) atoms. The average molecular weight is 221 g/mol. The SMILES string of the molecule is C=CCS(=O)(=O)Cc1cccc(C#N)c1. The Labute approximate surface area is 89.6 Å². The van der Waals surface area contributed by atoms with E-state index in [2.05, 4.69) is 6.58 Å². The Morgan fingerprint density at radius 2 is 2.20 bits per heavy atom. The molecule has 4 heteroatoms. The second kappa shape index (κ2) is 4.76. The normalized spacial score (nSPS) is 10.6. The van der Waals surface area contributed by atoms with Gasteiger partial charge in [-0.15, -0.1) is 6.58 Å². The molecule has 1 rings (SSSR count). The fraction of sp³-hybridized carbons (Fsp3) is 0.182. The maximum Gasteiger partial charge on any atom is 0.157 e. The Morgan fingerprint density at radius 1 is 1.47 bits per heavy atom. The summed E-state index contributed by atoms with van der Waals surface area (Å²) in [4.78, 5) is 0. The first-order valence-corrected chi connectivity index (χ1v) is 6.20. The molecule has 0 bridgehead atoms. The minimum atomic E-state index is -3.14. The number of rotatable bonds is 4. The lowest BCUT2D eigenvalue weighted by Crippen LogP contribution is -2.07. The zero-order valence-corrected chi connectivity index (χ0v) is 9.00. The van der Waals surface area contributed by atoms with Crippen molar-refractivity contribution in [3.8, 4) is 6.07 Å². The Hall–Kier alpha value is -1.60. The highest BCUT2D eigenvalue weighted by atomic mass is 32.2. The van der Waals surface area contributed by atoms with Gasteiger partial charge in [-0.2, -0.15) is 5.26 Å². The predicted molar refractivity (Wildman–Crippen MR) is 58.8 cm³/mol. The highest BCUT2D eigenvalue weighted by Gasteiger charge is 2.09. The Morgan fingerprint density at radius 3 is 2.80 bits per heavy atom. The molecule has 0 radical (unpaired) electrons. The lowest BCUT2D eigenvalue weighted by Gasteiger charge is -2.01. The second-order valence-corrected chi connectivity index (χ2v) is 5.26. The van der Waals surface area contributed by atoms with Crippen molar-refractivity contribution in [3.05, 3.63) is 48.0 Å². The summed E-state index contributed by atoms with van der Waals surface area (Å²) >= 11 is 0. The van der Waals surface area contributed by atoms with Crippen LogP contribution in [0.3, 0.4) is 0 Å². The molecule has 1 aromatic carbocycles. The molecule has 1 aromatic rings. The molecule has 0 atom stereocenters. The van der Waals surface area contributed by atoms with Crippen LogP contribution in [-0.2, 0) is 15.6 Å². The van der Waals surface area contributed by atoms with Crippen molar-refractivity contribution >= 4 is 9.84 Å². The third kappa shape index (κ3) is 3.56. The zero-order valence-electron chi connectivity index (χ0n) is 8.18. The van der Waals surface area contributed by atoms with E-state index in [9.17, 15) is 8.42 Å². The first kappa shape index (κ1) is 11.5. The average Bonchev–Trinajstić information content (AvgIpc) is 2.17. The molecule has 0 unspecified atom stereocenters. The minimum absolute atomic E-state index is 0.0379. The number of hydrogen-bond donors (Lipinski definition) is 0. The molecular formula is C11H11NO2S. The largest absolute Gasteiger partial charge is 0.228 e. The molecule has 0 aliphatic heterocycles. The Kier molecular flexibility index (Phi) is 3.64. The van der Waals surface area contributed by atoms with Gasteiger partial charge in [-0.25, -0.2) is 8.42 Å². The quantitative estimate of drug-likeness (QED) is 0.726. The van der Waals surface area contributed by atoms with Gasteiger partial charge in [0.05, 0.1) is 23.1 Å². The number of sulfone groups is 1. The van der Waals surface area contributed by atoms with E-state index < -0.39 is 9.84 Å². The van der Waals surface area contributed by atoms with E-state index in [1.165, 1.54) is 6.08 Å². The van der Waals surface area contributed by atoms with Crippen LogP contribution in [0.25, 0.3) is 0 Å². The van der Waals surface area contributed by atoms with Crippen LogP contribution >= 0.6 is 0 Å². The molecule has 3 nitrogen and oxygen atoms in total. The first-order valence-electron chi connectivity index (χ1n) is 4.38. The third-order valence-corrected chi connectivity index (χ3v) is 3.33. The van der Waals surface area contributed by atoms with Crippen molar-refractivity contribution in [2.45, 2.75) is 5.75 Å². The molecule has 0 heterocycles. The smallest absolute Gasteiger partial charge is 0.157 e. The van der Waals surface area contributed by atoms with E-state index in [4.69, 9.17) is 5.26 Å². The number of hydrogen-bond acceptors (Lipinski definition) is 3. The van der Waals surface area contributed by atoms with Crippen LogP contribution in [0.5, 0.6) is 0 Å². The first-order chi connectivity index (χ1) is 7.07. The van der Waals surface area contributed by atoms with Gasteiger partial charge in [0, 0.05) is 0 Å². The molecule has 0 amide bonds. The molecule has 78 valence electrons. The zero-order chi connectivity index (χ0) is 11.3. The van der Waals surface area contributed by atoms with Crippen LogP contribution in [0.2, 0.25) is 0 Å². The van der Waals surface area contributed by atoms with Gasteiger partial charge in [0.25, 0.3) is 0 Å². The van der Waals surface area contributed by atoms with Gasteiger partial charge in [0.15, 0.2) is 9.84 Å². The van der Waals surface area contributed by atoms with Gasteiger partial charge in [-0.05, 0) is 17.7 Å². The molecule has 0 saturated heterocycles. The molecule has 0 N–H and O–H groups in total. The predicted octanol–water partition coefficient (Wildman–Crippen LogP) is 1.66. The monoisotopic (exact) mass is 221 g/mol. The van der Waals surface area contributed by atoms with Crippen molar-refractivity contribution in [2.75, 3.05) is 5.75 Å². The maximum atomic E-state index is 11.4. The minimum Gasteiger partial charge on any atom is -0.228 e. The van der Waals surface area contributed by atoms with E-state index in [0.29, 0.717) is 11.1 Å². The summed E-state index contributed by atoms with van der Waals surface area (Å²) in [5.74, 6) is -0.0850. The summed E-state index contributed by atoms with van der Waals surface area (Å²) in [5.41, 5.74) is 1.11. The fourth-order valence-electron chi connectivity index (χ4n) is 1.22. The van der Waals surface area contributed by atoms with Gasteiger partial charge in [-0.1, -0.05) is 18.2 Å². The lowest BCUT2D eigenvalue weighted by atomic mass is 10.2. The van der Waals surface area contributed by atoms with Gasteiger partial charge >= 0.3 is 0 Å². The summed E-state index contributed by atoms with van der Waals surface area (Å²) in [7, 11) is -3.14. The molecule has 0 aromatic heterocycles.